The van der Waals surface area contributed by atoms with Crippen LogP contribution in [0.5, 0.6) is 17.2 Å². The van der Waals surface area contributed by atoms with E-state index in [0.29, 0.717) is 29.6 Å². The van der Waals surface area contributed by atoms with Crippen LogP contribution in [0.2, 0.25) is 0 Å². The van der Waals surface area contributed by atoms with Crippen molar-refractivity contribution in [3.8, 4) is 17.2 Å². The van der Waals surface area contributed by atoms with E-state index >= 15 is 0 Å². The van der Waals surface area contributed by atoms with Crippen molar-refractivity contribution in [3.05, 3.63) is 59.3 Å². The summed E-state index contributed by atoms with van der Waals surface area (Å²) in [5.74, 6) is 1.84. The second kappa shape index (κ2) is 7.74. The summed E-state index contributed by atoms with van der Waals surface area (Å²) in [4.78, 5) is 16.4. The van der Waals surface area contributed by atoms with Crippen molar-refractivity contribution in [1.82, 2.24) is 0 Å². The molecule has 3 rings (SSSR count). The third-order valence-electron chi connectivity index (χ3n) is 3.87. The first-order chi connectivity index (χ1) is 12.6. The highest BCUT2D eigenvalue weighted by Gasteiger charge is 2.23. The average Bonchev–Trinajstić information content (AvgIpc) is 3.00. The van der Waals surface area contributed by atoms with Crippen LogP contribution in [0, 0.1) is 0 Å². The van der Waals surface area contributed by atoms with Crippen molar-refractivity contribution in [3.63, 3.8) is 0 Å². The Labute approximate surface area is 151 Å². The van der Waals surface area contributed by atoms with Crippen molar-refractivity contribution in [2.45, 2.75) is 6.42 Å². The highest BCUT2D eigenvalue weighted by atomic mass is 16.6. The van der Waals surface area contributed by atoms with E-state index < -0.39 is 5.97 Å². The van der Waals surface area contributed by atoms with Crippen molar-refractivity contribution < 1.29 is 23.7 Å². The molecule has 0 radical (unpaired) electrons. The van der Waals surface area contributed by atoms with E-state index in [-0.39, 0.29) is 5.70 Å². The van der Waals surface area contributed by atoms with Gasteiger partial charge in [0, 0.05) is 6.42 Å². The molecule has 0 saturated heterocycles. The molecule has 2 aromatic carbocycles. The molecule has 0 saturated carbocycles. The van der Waals surface area contributed by atoms with Gasteiger partial charge in [0.25, 0.3) is 0 Å². The molecule has 2 aromatic rings. The van der Waals surface area contributed by atoms with Gasteiger partial charge in [-0.15, -0.1) is 0 Å². The predicted octanol–water partition coefficient (Wildman–Crippen LogP) is 3.25. The minimum atomic E-state index is -0.469. The number of aliphatic imine (C=N–C) groups is 1. The highest BCUT2D eigenvalue weighted by molar-refractivity contribution is 6.07. The number of hydrogen-bond donors (Lipinski definition) is 0. The number of carbonyl (C=O) groups excluding carboxylic acids is 1. The maximum Gasteiger partial charge on any atom is 0.363 e. The number of ether oxygens (including phenoxy) is 4. The zero-order valence-corrected chi connectivity index (χ0v) is 14.8. The standard InChI is InChI=1S/C20H19NO5/c1-23-15-6-4-5-13(9-15)10-16-20(22)26-19(21-16)12-14-7-8-17(24-2)18(11-14)25-3/h4-11H,12H2,1-3H3/b16-10+. The quantitative estimate of drug-likeness (QED) is 0.589. The summed E-state index contributed by atoms with van der Waals surface area (Å²) >= 11 is 0. The van der Waals surface area contributed by atoms with Crippen LogP contribution in [0.3, 0.4) is 0 Å². The molecule has 0 fully saturated rings. The van der Waals surface area contributed by atoms with Crippen LogP contribution in [0.25, 0.3) is 6.08 Å². The zero-order chi connectivity index (χ0) is 18.5. The maximum atomic E-state index is 12.1. The number of carbonyl (C=O) groups is 1. The van der Waals surface area contributed by atoms with Gasteiger partial charge in [0.05, 0.1) is 21.3 Å². The average molecular weight is 353 g/mol. The highest BCUT2D eigenvalue weighted by Crippen LogP contribution is 2.28. The van der Waals surface area contributed by atoms with Crippen LogP contribution in [0.15, 0.2) is 53.2 Å². The number of rotatable bonds is 6. The molecule has 0 aliphatic carbocycles. The van der Waals surface area contributed by atoms with E-state index in [1.54, 1.807) is 33.5 Å². The SMILES string of the molecule is COc1cccc(/C=C2/N=C(Cc3ccc(OC)c(OC)c3)OC2=O)c1. The molecule has 0 N–H and O–H groups in total. The molecule has 1 aliphatic heterocycles. The third kappa shape index (κ3) is 3.85. The summed E-state index contributed by atoms with van der Waals surface area (Å²) in [5.41, 5.74) is 1.97. The second-order valence-electron chi connectivity index (χ2n) is 5.57. The number of methoxy groups -OCH3 is 3. The lowest BCUT2D eigenvalue weighted by molar-refractivity contribution is -0.130. The van der Waals surface area contributed by atoms with E-state index in [1.807, 2.05) is 36.4 Å². The molecule has 0 amide bonds. The minimum Gasteiger partial charge on any atom is -0.497 e. The molecular formula is C20H19NO5. The zero-order valence-electron chi connectivity index (χ0n) is 14.8. The van der Waals surface area contributed by atoms with Crippen molar-refractivity contribution in [1.29, 1.82) is 0 Å². The van der Waals surface area contributed by atoms with E-state index in [9.17, 15) is 4.79 Å². The van der Waals surface area contributed by atoms with Crippen LogP contribution in [-0.4, -0.2) is 33.2 Å². The van der Waals surface area contributed by atoms with Gasteiger partial charge in [-0.3, -0.25) is 0 Å². The number of benzene rings is 2. The molecule has 0 unspecified atom stereocenters. The van der Waals surface area contributed by atoms with Crippen LogP contribution >= 0.6 is 0 Å². The minimum absolute atomic E-state index is 0.258. The van der Waals surface area contributed by atoms with Gasteiger partial charge in [0.2, 0.25) is 5.90 Å². The van der Waals surface area contributed by atoms with Gasteiger partial charge < -0.3 is 18.9 Å². The first kappa shape index (κ1) is 17.5. The van der Waals surface area contributed by atoms with E-state index in [2.05, 4.69) is 4.99 Å². The molecule has 1 heterocycles. The lowest BCUT2D eigenvalue weighted by Crippen LogP contribution is -2.07. The van der Waals surface area contributed by atoms with Gasteiger partial charge >= 0.3 is 5.97 Å². The van der Waals surface area contributed by atoms with Crippen molar-refractivity contribution in [2.75, 3.05) is 21.3 Å². The summed E-state index contributed by atoms with van der Waals surface area (Å²) in [6.45, 7) is 0. The Kier molecular flexibility index (Phi) is 5.22. The van der Waals surface area contributed by atoms with Crippen molar-refractivity contribution in [2.24, 2.45) is 4.99 Å². The van der Waals surface area contributed by atoms with E-state index in [1.165, 1.54) is 0 Å². The van der Waals surface area contributed by atoms with Crippen LogP contribution in [0.1, 0.15) is 11.1 Å². The van der Waals surface area contributed by atoms with E-state index in [4.69, 9.17) is 18.9 Å². The lowest BCUT2D eigenvalue weighted by Gasteiger charge is -2.09. The molecular weight excluding hydrogens is 334 g/mol. The monoisotopic (exact) mass is 353 g/mol. The topological polar surface area (TPSA) is 66.3 Å². The summed E-state index contributed by atoms with van der Waals surface area (Å²) in [6, 6.07) is 12.9. The molecule has 1 aliphatic rings. The van der Waals surface area contributed by atoms with Gasteiger partial charge in [-0.05, 0) is 41.5 Å². The van der Waals surface area contributed by atoms with Crippen LogP contribution in [0.4, 0.5) is 0 Å². The molecule has 0 spiro atoms. The maximum absolute atomic E-state index is 12.1. The fourth-order valence-corrected chi connectivity index (χ4v) is 2.58. The third-order valence-corrected chi connectivity index (χ3v) is 3.87. The molecule has 6 heteroatoms. The molecule has 0 aromatic heterocycles. The largest absolute Gasteiger partial charge is 0.497 e. The van der Waals surface area contributed by atoms with Gasteiger partial charge in [-0.1, -0.05) is 18.2 Å². The Morgan fingerprint density at radius 3 is 2.54 bits per heavy atom. The Balaban J connectivity index is 1.80. The Morgan fingerprint density at radius 1 is 1.00 bits per heavy atom. The normalized spacial score (nSPS) is 14.8. The number of nitrogens with zero attached hydrogens (tertiary/aromatic N) is 1. The van der Waals surface area contributed by atoms with E-state index in [0.717, 1.165) is 11.1 Å². The summed E-state index contributed by atoms with van der Waals surface area (Å²) in [6.07, 6.45) is 2.05. The fraction of sp³-hybridized carbons (Fsp3) is 0.200. The van der Waals surface area contributed by atoms with Gasteiger partial charge in [0.1, 0.15) is 5.75 Å². The smallest absolute Gasteiger partial charge is 0.363 e. The number of cyclic esters (lactones) is 1. The number of hydrogen-bond acceptors (Lipinski definition) is 6. The van der Waals surface area contributed by atoms with Gasteiger partial charge in [-0.25, -0.2) is 9.79 Å². The van der Waals surface area contributed by atoms with Crippen LogP contribution < -0.4 is 14.2 Å². The first-order valence-electron chi connectivity index (χ1n) is 7.99. The molecule has 0 atom stereocenters. The summed E-state index contributed by atoms with van der Waals surface area (Å²) in [7, 11) is 4.75. The van der Waals surface area contributed by atoms with Crippen LogP contribution in [-0.2, 0) is 16.0 Å². The second-order valence-corrected chi connectivity index (χ2v) is 5.57. The predicted molar refractivity (Wildman–Crippen MR) is 97.7 cm³/mol. The molecule has 0 bridgehead atoms. The Morgan fingerprint density at radius 2 is 1.81 bits per heavy atom. The summed E-state index contributed by atoms with van der Waals surface area (Å²) < 4.78 is 21.0. The summed E-state index contributed by atoms with van der Waals surface area (Å²) in [5, 5.41) is 0. The first-order valence-corrected chi connectivity index (χ1v) is 7.99. The van der Waals surface area contributed by atoms with Gasteiger partial charge in [-0.2, -0.15) is 0 Å². The van der Waals surface area contributed by atoms with Crippen molar-refractivity contribution >= 4 is 17.9 Å². The Hall–Kier alpha value is -3.28. The number of esters is 1. The molecule has 134 valence electrons. The van der Waals surface area contributed by atoms with Gasteiger partial charge in [0.15, 0.2) is 17.2 Å². The molecule has 26 heavy (non-hydrogen) atoms. The molecule has 6 nitrogen and oxygen atoms in total. The Bertz CT molecular complexity index is 886. The lowest BCUT2D eigenvalue weighted by atomic mass is 10.1. The fourth-order valence-electron chi connectivity index (χ4n) is 2.58.